The lowest BCUT2D eigenvalue weighted by atomic mass is 9.99. The van der Waals surface area contributed by atoms with Crippen molar-refractivity contribution in [2.45, 2.75) is 38.3 Å². The van der Waals surface area contributed by atoms with Crippen molar-refractivity contribution in [3.63, 3.8) is 0 Å². The third-order valence-corrected chi connectivity index (χ3v) is 4.76. The Morgan fingerprint density at radius 1 is 1.29 bits per heavy atom. The van der Waals surface area contributed by atoms with Gasteiger partial charge in [0.2, 0.25) is 0 Å². The lowest BCUT2D eigenvalue weighted by Crippen LogP contribution is -2.44. The molecule has 0 saturated carbocycles. The zero-order valence-electron chi connectivity index (χ0n) is 13.6. The quantitative estimate of drug-likeness (QED) is 0.803. The van der Waals surface area contributed by atoms with E-state index in [1.807, 2.05) is 41.7 Å². The number of amides is 1. The number of aromatic nitrogens is 4. The van der Waals surface area contributed by atoms with Crippen LogP contribution in [0.2, 0.25) is 0 Å². The third-order valence-electron chi connectivity index (χ3n) is 4.76. The number of fused-ring (bicyclic) bond motifs is 1. The molecule has 1 aromatic carbocycles. The normalized spacial score (nSPS) is 18.2. The van der Waals surface area contributed by atoms with Gasteiger partial charge in [-0.2, -0.15) is 0 Å². The average molecular weight is 323 g/mol. The van der Waals surface area contributed by atoms with Crippen LogP contribution in [0, 0.1) is 0 Å². The van der Waals surface area contributed by atoms with Crippen LogP contribution in [0.25, 0.3) is 11.0 Å². The van der Waals surface area contributed by atoms with Crippen molar-refractivity contribution in [1.29, 1.82) is 0 Å². The van der Waals surface area contributed by atoms with E-state index in [0.29, 0.717) is 5.82 Å². The number of aromatic amines is 1. The second kappa shape index (κ2) is 6.47. The Balaban J connectivity index is 1.51. The maximum atomic E-state index is 13.0. The molecule has 24 heavy (non-hydrogen) atoms. The van der Waals surface area contributed by atoms with Gasteiger partial charge < -0.3 is 14.5 Å². The molecular formula is C18H21N5O. The number of likely N-dealkylation sites (tertiary alicyclic amines) is 1. The van der Waals surface area contributed by atoms with E-state index in [2.05, 4.69) is 19.5 Å². The molecule has 1 aliphatic rings. The number of nitrogens with zero attached hydrogens (tertiary/aromatic N) is 4. The largest absolute Gasteiger partial charge is 0.337 e. The molecule has 3 aromatic rings. The number of piperidine rings is 1. The Morgan fingerprint density at radius 3 is 3.04 bits per heavy atom. The number of H-pyrrole nitrogens is 1. The standard InChI is InChI=1S/C18H21N5O/c24-18(17-20-15-6-1-2-7-16(15)21-17)23-10-4-3-5-14(23)8-11-22-12-9-19-13-22/h1-2,6-7,9,12-14H,3-5,8,10-11H2,(H,20,21)/t14-/m0/s1. The first-order valence-electron chi connectivity index (χ1n) is 8.53. The van der Waals surface area contributed by atoms with Crippen LogP contribution in [0.15, 0.2) is 43.0 Å². The molecule has 1 fully saturated rings. The van der Waals surface area contributed by atoms with E-state index in [1.165, 1.54) is 6.42 Å². The van der Waals surface area contributed by atoms with Crippen molar-refractivity contribution in [3.05, 3.63) is 48.8 Å². The minimum Gasteiger partial charge on any atom is -0.337 e. The average Bonchev–Trinajstić information content (AvgIpc) is 3.29. The number of para-hydroxylation sites is 2. The molecule has 1 aliphatic heterocycles. The van der Waals surface area contributed by atoms with Gasteiger partial charge in [-0.25, -0.2) is 9.97 Å². The lowest BCUT2D eigenvalue weighted by Gasteiger charge is -2.35. The maximum Gasteiger partial charge on any atom is 0.289 e. The zero-order valence-corrected chi connectivity index (χ0v) is 13.6. The van der Waals surface area contributed by atoms with Gasteiger partial charge in [-0.3, -0.25) is 4.79 Å². The van der Waals surface area contributed by atoms with Crippen LogP contribution in [-0.4, -0.2) is 42.9 Å². The van der Waals surface area contributed by atoms with Crippen LogP contribution in [0.4, 0.5) is 0 Å². The molecule has 1 N–H and O–H groups in total. The Morgan fingerprint density at radius 2 is 2.21 bits per heavy atom. The molecule has 0 aliphatic carbocycles. The second-order valence-electron chi connectivity index (χ2n) is 6.34. The summed E-state index contributed by atoms with van der Waals surface area (Å²) < 4.78 is 2.07. The predicted octanol–water partition coefficient (Wildman–Crippen LogP) is 2.84. The maximum absolute atomic E-state index is 13.0. The summed E-state index contributed by atoms with van der Waals surface area (Å²) in [6.07, 6.45) is 9.83. The fourth-order valence-electron chi connectivity index (χ4n) is 3.48. The Kier molecular flexibility index (Phi) is 4.02. The minimum absolute atomic E-state index is 0.0153. The van der Waals surface area contributed by atoms with Crippen molar-refractivity contribution in [1.82, 2.24) is 24.4 Å². The summed E-state index contributed by atoms with van der Waals surface area (Å²) in [5, 5.41) is 0. The molecule has 0 radical (unpaired) electrons. The first kappa shape index (κ1) is 14.9. The van der Waals surface area contributed by atoms with Gasteiger partial charge in [0.1, 0.15) is 0 Å². The Bertz CT molecular complexity index is 790. The SMILES string of the molecule is O=C(c1nc2ccccc2[nH]1)N1CCCC[C@H]1CCn1ccnc1. The second-order valence-corrected chi connectivity index (χ2v) is 6.34. The zero-order chi connectivity index (χ0) is 16.4. The van der Waals surface area contributed by atoms with Gasteiger partial charge in [0, 0.05) is 31.5 Å². The number of benzene rings is 1. The molecule has 6 nitrogen and oxygen atoms in total. The van der Waals surface area contributed by atoms with Crippen LogP contribution in [0.3, 0.4) is 0 Å². The molecule has 1 saturated heterocycles. The number of hydrogen-bond acceptors (Lipinski definition) is 3. The number of imidazole rings is 2. The van der Waals surface area contributed by atoms with E-state index in [1.54, 1.807) is 6.20 Å². The first-order chi connectivity index (χ1) is 11.8. The number of aryl methyl sites for hydroxylation is 1. The smallest absolute Gasteiger partial charge is 0.289 e. The number of carbonyl (C=O) groups is 1. The molecular weight excluding hydrogens is 302 g/mol. The van der Waals surface area contributed by atoms with Crippen LogP contribution in [0.1, 0.15) is 36.3 Å². The summed E-state index contributed by atoms with van der Waals surface area (Å²) in [4.78, 5) is 26.7. The summed E-state index contributed by atoms with van der Waals surface area (Å²) in [7, 11) is 0. The predicted molar refractivity (Wildman–Crippen MR) is 91.6 cm³/mol. The van der Waals surface area contributed by atoms with Crippen LogP contribution in [0.5, 0.6) is 0 Å². The van der Waals surface area contributed by atoms with E-state index < -0.39 is 0 Å². The first-order valence-corrected chi connectivity index (χ1v) is 8.53. The van der Waals surface area contributed by atoms with Gasteiger partial charge in [-0.15, -0.1) is 0 Å². The van der Waals surface area contributed by atoms with Gasteiger partial charge in [0.25, 0.3) is 5.91 Å². The third kappa shape index (κ3) is 2.91. The van der Waals surface area contributed by atoms with E-state index in [-0.39, 0.29) is 11.9 Å². The fraction of sp³-hybridized carbons (Fsp3) is 0.389. The van der Waals surface area contributed by atoms with Crippen molar-refractivity contribution in [2.75, 3.05) is 6.54 Å². The van der Waals surface area contributed by atoms with Gasteiger partial charge in [-0.1, -0.05) is 12.1 Å². The van der Waals surface area contributed by atoms with Gasteiger partial charge in [-0.05, 0) is 37.8 Å². The highest BCUT2D eigenvalue weighted by Gasteiger charge is 2.28. The summed E-state index contributed by atoms with van der Waals surface area (Å²) in [5.74, 6) is 0.465. The molecule has 0 bridgehead atoms. The van der Waals surface area contributed by atoms with E-state index in [9.17, 15) is 4.79 Å². The lowest BCUT2D eigenvalue weighted by molar-refractivity contribution is 0.0584. The fourth-order valence-corrected chi connectivity index (χ4v) is 3.48. The molecule has 0 unspecified atom stereocenters. The number of carbonyl (C=O) groups excluding carboxylic acids is 1. The molecule has 2 aromatic heterocycles. The Hall–Kier alpha value is -2.63. The molecule has 4 rings (SSSR count). The highest BCUT2D eigenvalue weighted by atomic mass is 16.2. The van der Waals surface area contributed by atoms with Crippen LogP contribution >= 0.6 is 0 Å². The highest BCUT2D eigenvalue weighted by molar-refractivity contribution is 5.94. The minimum atomic E-state index is 0.0153. The van der Waals surface area contributed by atoms with Crippen LogP contribution < -0.4 is 0 Å². The van der Waals surface area contributed by atoms with Gasteiger partial charge in [0.15, 0.2) is 5.82 Å². The van der Waals surface area contributed by atoms with Crippen molar-refractivity contribution >= 4 is 16.9 Å². The molecule has 3 heterocycles. The number of rotatable bonds is 4. The topological polar surface area (TPSA) is 66.8 Å². The number of hydrogen-bond donors (Lipinski definition) is 1. The molecule has 124 valence electrons. The van der Waals surface area contributed by atoms with Crippen molar-refractivity contribution in [2.24, 2.45) is 0 Å². The molecule has 1 amide bonds. The van der Waals surface area contributed by atoms with E-state index in [0.717, 1.165) is 43.4 Å². The molecule has 1 atom stereocenters. The number of nitrogens with one attached hydrogen (secondary N) is 1. The van der Waals surface area contributed by atoms with E-state index in [4.69, 9.17) is 0 Å². The summed E-state index contributed by atoms with van der Waals surface area (Å²) in [6.45, 7) is 1.69. The van der Waals surface area contributed by atoms with Crippen molar-refractivity contribution < 1.29 is 4.79 Å². The highest BCUT2D eigenvalue weighted by Crippen LogP contribution is 2.23. The van der Waals surface area contributed by atoms with E-state index >= 15 is 0 Å². The monoisotopic (exact) mass is 323 g/mol. The molecule has 6 heteroatoms. The van der Waals surface area contributed by atoms with Crippen molar-refractivity contribution in [3.8, 4) is 0 Å². The summed E-state index contributed by atoms with van der Waals surface area (Å²) in [5.41, 5.74) is 1.75. The summed E-state index contributed by atoms with van der Waals surface area (Å²) in [6, 6.07) is 8.03. The van der Waals surface area contributed by atoms with Crippen LogP contribution in [-0.2, 0) is 6.54 Å². The Labute approximate surface area is 140 Å². The summed E-state index contributed by atoms with van der Waals surface area (Å²) >= 11 is 0. The molecule has 0 spiro atoms. The van der Waals surface area contributed by atoms with Gasteiger partial charge >= 0.3 is 0 Å². The van der Waals surface area contributed by atoms with Gasteiger partial charge in [0.05, 0.1) is 17.4 Å².